The number of hydrogen-bond acceptors (Lipinski definition) is 4. The first-order chi connectivity index (χ1) is 10.8. The molecule has 3 amide bonds. The molecule has 0 radical (unpaired) electrons. The second-order valence-corrected chi connectivity index (χ2v) is 6.60. The first-order valence-corrected chi connectivity index (χ1v) is 7.64. The second kappa shape index (κ2) is 6.81. The van der Waals surface area contributed by atoms with Gasteiger partial charge in [-0.3, -0.25) is 14.9 Å². The van der Waals surface area contributed by atoms with Crippen molar-refractivity contribution in [3.8, 4) is 0 Å². The molecule has 1 fully saturated rings. The number of carbonyl (C=O) groups is 3. The van der Waals surface area contributed by atoms with Crippen LogP contribution in [0, 0.1) is 5.92 Å². The van der Waals surface area contributed by atoms with Gasteiger partial charge in [0.15, 0.2) is 0 Å². The maximum atomic E-state index is 12.2. The van der Waals surface area contributed by atoms with Gasteiger partial charge in [0.05, 0.1) is 5.92 Å². The van der Waals surface area contributed by atoms with Crippen LogP contribution in [-0.2, 0) is 9.53 Å². The zero-order chi connectivity index (χ0) is 17.0. The smallest absolute Gasteiger partial charge is 0.410 e. The predicted molar refractivity (Wildman–Crippen MR) is 84.8 cm³/mol. The lowest BCUT2D eigenvalue weighted by molar-refractivity contribution is -0.123. The molecule has 1 atom stereocenters. The number of ether oxygens (including phenoxy) is 1. The zero-order valence-corrected chi connectivity index (χ0v) is 13.7. The Balaban J connectivity index is 1.88. The highest BCUT2D eigenvalue weighted by atomic mass is 16.6. The minimum absolute atomic E-state index is 0.267. The van der Waals surface area contributed by atoms with Crippen LogP contribution in [0.5, 0.6) is 0 Å². The number of nitrogens with one attached hydrogen (secondary N) is 1. The molecule has 1 N–H and O–H groups in total. The van der Waals surface area contributed by atoms with E-state index in [0.717, 1.165) is 0 Å². The fourth-order valence-electron chi connectivity index (χ4n) is 2.34. The van der Waals surface area contributed by atoms with Crippen molar-refractivity contribution in [3.63, 3.8) is 0 Å². The molecule has 0 aromatic heterocycles. The number of likely N-dealkylation sites (tertiary alicyclic amines) is 1. The predicted octanol–water partition coefficient (Wildman–Crippen LogP) is 2.20. The van der Waals surface area contributed by atoms with Crippen molar-refractivity contribution in [2.45, 2.75) is 32.8 Å². The van der Waals surface area contributed by atoms with Crippen molar-refractivity contribution in [2.75, 3.05) is 13.1 Å². The van der Waals surface area contributed by atoms with E-state index in [0.29, 0.717) is 18.5 Å². The van der Waals surface area contributed by atoms with Crippen molar-refractivity contribution in [2.24, 2.45) is 5.92 Å². The molecule has 1 aliphatic rings. The van der Waals surface area contributed by atoms with Crippen molar-refractivity contribution >= 4 is 17.9 Å². The van der Waals surface area contributed by atoms with Gasteiger partial charge in [0.1, 0.15) is 5.60 Å². The molecular formula is C17H22N2O4. The average molecular weight is 318 g/mol. The molecule has 23 heavy (non-hydrogen) atoms. The average Bonchev–Trinajstić information content (AvgIpc) is 2.96. The van der Waals surface area contributed by atoms with Gasteiger partial charge in [0.25, 0.3) is 5.91 Å². The summed E-state index contributed by atoms with van der Waals surface area (Å²) >= 11 is 0. The van der Waals surface area contributed by atoms with Crippen molar-refractivity contribution in [1.29, 1.82) is 0 Å². The van der Waals surface area contributed by atoms with Crippen LogP contribution in [-0.4, -0.2) is 41.5 Å². The molecule has 1 saturated heterocycles. The standard InChI is InChI=1S/C17H22N2O4/c1-17(2,3)23-16(22)19-10-9-13(11-19)15(21)18-14(20)12-7-5-4-6-8-12/h4-8,13H,9-11H2,1-3H3,(H,18,20,21). The van der Waals surface area contributed by atoms with Gasteiger partial charge in [-0.1, -0.05) is 18.2 Å². The lowest BCUT2D eigenvalue weighted by Crippen LogP contribution is -2.39. The van der Waals surface area contributed by atoms with Crippen LogP contribution < -0.4 is 5.32 Å². The molecule has 2 rings (SSSR count). The van der Waals surface area contributed by atoms with Gasteiger partial charge in [0, 0.05) is 18.7 Å². The largest absolute Gasteiger partial charge is 0.444 e. The Morgan fingerprint density at radius 2 is 1.83 bits per heavy atom. The third-order valence-corrected chi connectivity index (χ3v) is 3.48. The highest BCUT2D eigenvalue weighted by molar-refractivity contribution is 6.05. The minimum atomic E-state index is -0.569. The van der Waals surface area contributed by atoms with Crippen molar-refractivity contribution in [1.82, 2.24) is 10.2 Å². The van der Waals surface area contributed by atoms with E-state index < -0.39 is 23.5 Å². The molecule has 0 saturated carbocycles. The van der Waals surface area contributed by atoms with E-state index in [1.807, 2.05) is 0 Å². The Morgan fingerprint density at radius 1 is 1.17 bits per heavy atom. The number of benzene rings is 1. The van der Waals surface area contributed by atoms with Gasteiger partial charge in [-0.25, -0.2) is 4.79 Å². The van der Waals surface area contributed by atoms with E-state index in [4.69, 9.17) is 4.74 Å². The Morgan fingerprint density at radius 3 is 2.43 bits per heavy atom. The molecule has 6 heteroatoms. The van der Waals surface area contributed by atoms with E-state index in [1.165, 1.54) is 4.90 Å². The lowest BCUT2D eigenvalue weighted by atomic mass is 10.1. The van der Waals surface area contributed by atoms with Gasteiger partial charge in [0.2, 0.25) is 5.91 Å². The van der Waals surface area contributed by atoms with Gasteiger partial charge in [-0.2, -0.15) is 0 Å². The van der Waals surface area contributed by atoms with Gasteiger partial charge >= 0.3 is 6.09 Å². The van der Waals surface area contributed by atoms with Crippen LogP contribution in [0.1, 0.15) is 37.6 Å². The maximum Gasteiger partial charge on any atom is 0.410 e. The topological polar surface area (TPSA) is 75.7 Å². The molecule has 124 valence electrons. The van der Waals surface area contributed by atoms with Crippen LogP contribution in [0.4, 0.5) is 4.79 Å². The molecule has 0 spiro atoms. The number of nitrogens with zero attached hydrogens (tertiary/aromatic N) is 1. The monoisotopic (exact) mass is 318 g/mol. The molecule has 1 aliphatic heterocycles. The first-order valence-electron chi connectivity index (χ1n) is 7.64. The Bertz CT molecular complexity index is 592. The Labute approximate surface area is 135 Å². The minimum Gasteiger partial charge on any atom is -0.444 e. The van der Waals surface area contributed by atoms with Crippen LogP contribution in [0.25, 0.3) is 0 Å². The molecule has 6 nitrogen and oxygen atoms in total. The number of amides is 3. The van der Waals surface area contributed by atoms with Gasteiger partial charge in [-0.05, 0) is 39.3 Å². The molecule has 1 aromatic rings. The summed E-state index contributed by atoms with van der Waals surface area (Å²) in [6.45, 7) is 6.10. The highest BCUT2D eigenvalue weighted by Gasteiger charge is 2.34. The number of hydrogen-bond donors (Lipinski definition) is 1. The summed E-state index contributed by atoms with van der Waals surface area (Å²) in [5, 5.41) is 2.39. The SMILES string of the molecule is CC(C)(C)OC(=O)N1CCC(C(=O)NC(=O)c2ccccc2)C1. The molecular weight excluding hydrogens is 296 g/mol. The van der Waals surface area contributed by atoms with E-state index in [9.17, 15) is 14.4 Å². The van der Waals surface area contributed by atoms with E-state index in [1.54, 1.807) is 51.1 Å². The quantitative estimate of drug-likeness (QED) is 0.848. The Hall–Kier alpha value is -2.37. The van der Waals surface area contributed by atoms with Gasteiger partial charge < -0.3 is 9.64 Å². The Kier molecular flexibility index (Phi) is 5.03. The summed E-state index contributed by atoms with van der Waals surface area (Å²) in [5.41, 5.74) is -0.136. The first kappa shape index (κ1) is 17.0. The fraction of sp³-hybridized carbons (Fsp3) is 0.471. The van der Waals surface area contributed by atoms with Crippen LogP contribution >= 0.6 is 0 Å². The van der Waals surface area contributed by atoms with Crippen LogP contribution in [0.2, 0.25) is 0 Å². The summed E-state index contributed by atoms with van der Waals surface area (Å²) in [4.78, 5) is 37.6. The maximum absolute atomic E-state index is 12.2. The van der Waals surface area contributed by atoms with E-state index in [2.05, 4.69) is 5.32 Å². The van der Waals surface area contributed by atoms with Crippen molar-refractivity contribution < 1.29 is 19.1 Å². The molecule has 1 unspecified atom stereocenters. The molecule has 1 aromatic carbocycles. The normalized spacial score (nSPS) is 17.7. The molecule has 0 aliphatic carbocycles. The van der Waals surface area contributed by atoms with E-state index >= 15 is 0 Å². The molecule has 0 bridgehead atoms. The van der Waals surface area contributed by atoms with Crippen LogP contribution in [0.15, 0.2) is 30.3 Å². The van der Waals surface area contributed by atoms with Crippen LogP contribution in [0.3, 0.4) is 0 Å². The third kappa shape index (κ3) is 4.81. The molecule has 1 heterocycles. The zero-order valence-electron chi connectivity index (χ0n) is 13.7. The second-order valence-electron chi connectivity index (χ2n) is 6.60. The number of carbonyl (C=O) groups excluding carboxylic acids is 3. The summed E-state index contributed by atoms with van der Waals surface area (Å²) in [5.74, 6) is -1.17. The number of imide groups is 1. The van der Waals surface area contributed by atoms with Crippen molar-refractivity contribution in [3.05, 3.63) is 35.9 Å². The summed E-state index contributed by atoms with van der Waals surface area (Å²) in [6.07, 6.45) is 0.0924. The lowest BCUT2D eigenvalue weighted by Gasteiger charge is -2.24. The summed E-state index contributed by atoms with van der Waals surface area (Å²) in [7, 11) is 0. The summed E-state index contributed by atoms with van der Waals surface area (Å²) < 4.78 is 5.29. The highest BCUT2D eigenvalue weighted by Crippen LogP contribution is 2.19. The third-order valence-electron chi connectivity index (χ3n) is 3.48. The fourth-order valence-corrected chi connectivity index (χ4v) is 2.34. The number of rotatable bonds is 2. The van der Waals surface area contributed by atoms with Gasteiger partial charge in [-0.15, -0.1) is 0 Å². The van der Waals surface area contributed by atoms with E-state index in [-0.39, 0.29) is 12.5 Å². The summed E-state index contributed by atoms with van der Waals surface area (Å²) in [6, 6.07) is 8.56.